The van der Waals surface area contributed by atoms with E-state index in [1.807, 2.05) is 30.3 Å². The lowest BCUT2D eigenvalue weighted by Gasteiger charge is -2.22. The lowest BCUT2D eigenvalue weighted by molar-refractivity contribution is -0.148. The first kappa shape index (κ1) is 20.7. The van der Waals surface area contributed by atoms with Gasteiger partial charge in [0.15, 0.2) is 12.3 Å². The zero-order valence-corrected chi connectivity index (χ0v) is 15.3. The maximum Gasteiger partial charge on any atom is 0.344 e. The molecule has 0 amide bonds. The van der Waals surface area contributed by atoms with Crippen molar-refractivity contribution in [3.8, 4) is 0 Å². The number of hydrogen-bond donors (Lipinski definition) is 2. The highest BCUT2D eigenvalue weighted by atomic mass is 32.2. The molecule has 144 valence electrons. The van der Waals surface area contributed by atoms with E-state index in [9.17, 15) is 13.8 Å². The average Bonchev–Trinajstić information content (AvgIpc) is 2.64. The quantitative estimate of drug-likeness (QED) is 0.396. The van der Waals surface area contributed by atoms with Gasteiger partial charge in [-0.25, -0.2) is 13.8 Å². The fourth-order valence-electron chi connectivity index (χ4n) is 2.12. The number of esters is 2. The zero-order chi connectivity index (χ0) is 19.9. The second-order valence-electron chi connectivity index (χ2n) is 5.71. The van der Waals surface area contributed by atoms with E-state index < -0.39 is 35.6 Å². The van der Waals surface area contributed by atoms with E-state index in [2.05, 4.69) is 0 Å². The normalized spacial score (nSPS) is 14.0. The monoisotopic (exact) mass is 393 g/mol. The first-order chi connectivity index (χ1) is 12.8. The molecule has 0 radical (unpaired) electrons. The maximum atomic E-state index is 12.0. The number of rotatable bonds is 8. The Labute approximate surface area is 158 Å². The van der Waals surface area contributed by atoms with Crippen LogP contribution in [0.2, 0.25) is 0 Å². The summed E-state index contributed by atoms with van der Waals surface area (Å²) in [5.74, 6) is -1.39. The summed E-state index contributed by atoms with van der Waals surface area (Å²) >= 11 is -2.54. The van der Waals surface area contributed by atoms with E-state index in [0.717, 1.165) is 5.56 Å². The topological polar surface area (TPSA) is 125 Å². The summed E-state index contributed by atoms with van der Waals surface area (Å²) in [7, 11) is 0. The minimum absolute atomic E-state index is 0.0905. The van der Waals surface area contributed by atoms with Gasteiger partial charge in [0, 0.05) is 0 Å². The molecule has 2 unspecified atom stereocenters. The lowest BCUT2D eigenvalue weighted by atomic mass is 10.0. The third-order valence-corrected chi connectivity index (χ3v) is 3.99. The summed E-state index contributed by atoms with van der Waals surface area (Å²) in [6, 6.07) is 14.8. The first-order valence-electron chi connectivity index (χ1n) is 7.84. The summed E-state index contributed by atoms with van der Waals surface area (Å²) in [6.45, 7) is 0.971. The second kappa shape index (κ2) is 9.38. The van der Waals surface area contributed by atoms with Crippen molar-refractivity contribution < 1.29 is 32.0 Å². The van der Waals surface area contributed by atoms with Crippen molar-refractivity contribution in [3.63, 3.8) is 0 Å². The molecule has 0 bridgehead atoms. The number of nitrogens with two attached hydrogens (primary N) is 1. The molecule has 3 N–H and O–H groups in total. The van der Waals surface area contributed by atoms with Gasteiger partial charge >= 0.3 is 23.3 Å². The zero-order valence-electron chi connectivity index (χ0n) is 14.5. The van der Waals surface area contributed by atoms with Crippen LogP contribution in [-0.4, -0.2) is 27.3 Å². The summed E-state index contributed by atoms with van der Waals surface area (Å²) in [4.78, 5) is 23.6. The van der Waals surface area contributed by atoms with Crippen LogP contribution in [0.15, 0.2) is 54.6 Å². The van der Waals surface area contributed by atoms with Crippen molar-refractivity contribution >= 4 is 23.3 Å². The fourth-order valence-corrected chi connectivity index (χ4v) is 2.51. The lowest BCUT2D eigenvalue weighted by Crippen LogP contribution is -2.36. The minimum atomic E-state index is -2.54. The van der Waals surface area contributed by atoms with Crippen molar-refractivity contribution in [1.82, 2.24) is 0 Å². The van der Waals surface area contributed by atoms with Gasteiger partial charge in [-0.15, -0.1) is 0 Å². The Morgan fingerprint density at radius 1 is 1.07 bits per heavy atom. The highest BCUT2D eigenvalue weighted by molar-refractivity contribution is 7.74. The first-order valence-corrected chi connectivity index (χ1v) is 8.87. The third-order valence-electron chi connectivity index (χ3n) is 3.50. The Balaban J connectivity index is 1.85. The van der Waals surface area contributed by atoms with Crippen molar-refractivity contribution in [2.75, 3.05) is 6.61 Å². The summed E-state index contributed by atoms with van der Waals surface area (Å²) in [5.41, 5.74) is 5.66. The molecule has 2 rings (SSSR count). The molecule has 0 saturated carbocycles. The number of carbonyl (C=O) groups is 2. The van der Waals surface area contributed by atoms with Crippen LogP contribution in [0.25, 0.3) is 0 Å². The van der Waals surface area contributed by atoms with Gasteiger partial charge in [-0.1, -0.05) is 42.5 Å². The molecule has 0 aliphatic carbocycles. The van der Waals surface area contributed by atoms with Gasteiger partial charge in [-0.05, 0) is 30.2 Å². The third kappa shape index (κ3) is 6.57. The molecule has 0 heterocycles. The van der Waals surface area contributed by atoms with Gasteiger partial charge in [0.1, 0.15) is 6.61 Å². The van der Waals surface area contributed by atoms with Gasteiger partial charge < -0.3 is 9.47 Å². The van der Waals surface area contributed by atoms with Crippen molar-refractivity contribution in [2.24, 2.45) is 5.73 Å². The predicted octanol–water partition coefficient (Wildman–Crippen LogP) is 1.87. The van der Waals surface area contributed by atoms with Crippen molar-refractivity contribution in [2.45, 2.75) is 19.3 Å². The summed E-state index contributed by atoms with van der Waals surface area (Å²) in [5, 5.41) is 0. The van der Waals surface area contributed by atoms with Gasteiger partial charge in [0.2, 0.25) is 0 Å². The van der Waals surface area contributed by atoms with Crippen LogP contribution < -0.4 is 5.73 Å². The molecule has 2 aromatic carbocycles. The van der Waals surface area contributed by atoms with Crippen LogP contribution >= 0.6 is 0 Å². The van der Waals surface area contributed by atoms with E-state index in [1.165, 1.54) is 31.2 Å². The fraction of sp³-hybridized carbons (Fsp3) is 0.222. The minimum Gasteiger partial charge on any atom is -0.458 e. The Morgan fingerprint density at radius 3 is 2.30 bits per heavy atom. The molecule has 8 nitrogen and oxygen atoms in total. The molecule has 0 spiro atoms. The smallest absolute Gasteiger partial charge is 0.344 e. The van der Waals surface area contributed by atoms with Crippen molar-refractivity contribution in [3.05, 3.63) is 71.3 Å². The number of hydrogen-bond acceptors (Lipinski definition) is 7. The Kier molecular flexibility index (Phi) is 7.19. The van der Waals surface area contributed by atoms with Gasteiger partial charge in [0.05, 0.1) is 5.56 Å². The molecule has 0 saturated heterocycles. The Morgan fingerprint density at radius 2 is 1.70 bits per heavy atom. The Hall–Kier alpha value is -2.59. The summed E-state index contributed by atoms with van der Waals surface area (Å²) in [6.07, 6.45) is 0. The van der Waals surface area contributed by atoms with E-state index in [1.54, 1.807) is 0 Å². The SMILES string of the molecule is CC(N)(OS(=O)O)c1ccc(C(=O)OCC(=O)OCc2ccccc2)cc1. The standard InChI is InChI=1S/C18H19NO7S/c1-18(19,26-27(22)23)15-9-7-14(8-10-15)17(21)25-12-16(20)24-11-13-5-3-2-4-6-13/h2-10H,11-12,19H2,1H3,(H,22,23). The highest BCUT2D eigenvalue weighted by Gasteiger charge is 2.25. The largest absolute Gasteiger partial charge is 0.458 e. The predicted molar refractivity (Wildman–Crippen MR) is 96.4 cm³/mol. The molecule has 9 heteroatoms. The molecule has 0 aliphatic heterocycles. The van der Waals surface area contributed by atoms with Gasteiger partial charge in [0.25, 0.3) is 0 Å². The van der Waals surface area contributed by atoms with Crippen molar-refractivity contribution in [1.29, 1.82) is 0 Å². The van der Waals surface area contributed by atoms with Crippen LogP contribution in [0.3, 0.4) is 0 Å². The number of carbonyl (C=O) groups excluding carboxylic acids is 2. The molecule has 0 aromatic heterocycles. The van der Waals surface area contributed by atoms with Crippen LogP contribution in [0.5, 0.6) is 0 Å². The van der Waals surface area contributed by atoms with E-state index in [0.29, 0.717) is 5.56 Å². The molecule has 2 atom stereocenters. The average molecular weight is 393 g/mol. The van der Waals surface area contributed by atoms with E-state index in [4.69, 9.17) is 23.9 Å². The van der Waals surface area contributed by atoms with Crippen LogP contribution in [0.1, 0.15) is 28.4 Å². The van der Waals surface area contributed by atoms with Crippen LogP contribution in [-0.2, 0) is 42.1 Å². The second-order valence-corrected chi connectivity index (χ2v) is 6.31. The van der Waals surface area contributed by atoms with Crippen LogP contribution in [0, 0.1) is 0 Å². The molecule has 2 aromatic rings. The molecular formula is C18H19NO7S. The Bertz CT molecular complexity index is 806. The van der Waals surface area contributed by atoms with Crippen LogP contribution in [0.4, 0.5) is 0 Å². The van der Waals surface area contributed by atoms with E-state index >= 15 is 0 Å². The molecule has 0 fully saturated rings. The van der Waals surface area contributed by atoms with Gasteiger partial charge in [-0.2, -0.15) is 4.21 Å². The molecular weight excluding hydrogens is 374 g/mol. The van der Waals surface area contributed by atoms with E-state index in [-0.39, 0.29) is 12.2 Å². The number of benzene rings is 2. The highest BCUT2D eigenvalue weighted by Crippen LogP contribution is 2.20. The van der Waals surface area contributed by atoms with Gasteiger partial charge in [-0.3, -0.25) is 10.3 Å². The molecule has 0 aliphatic rings. The molecule has 27 heavy (non-hydrogen) atoms. The summed E-state index contributed by atoms with van der Waals surface area (Å²) < 4.78 is 34.1. The number of ether oxygens (including phenoxy) is 2. The maximum absolute atomic E-state index is 12.0.